The molecule has 2 rings (SSSR count). The van der Waals surface area contributed by atoms with Crippen LogP contribution in [0.4, 0.5) is 4.79 Å². The van der Waals surface area contributed by atoms with E-state index >= 15 is 0 Å². The van der Waals surface area contributed by atoms with Gasteiger partial charge < -0.3 is 15.5 Å². The van der Waals surface area contributed by atoms with E-state index in [1.54, 1.807) is 0 Å². The smallest absolute Gasteiger partial charge is 0.317 e. The lowest BCUT2D eigenvalue weighted by atomic mass is 9.87. The van der Waals surface area contributed by atoms with Gasteiger partial charge in [0.1, 0.15) is 0 Å². The summed E-state index contributed by atoms with van der Waals surface area (Å²) in [7, 11) is 0. The summed E-state index contributed by atoms with van der Waals surface area (Å²) < 4.78 is 0. The van der Waals surface area contributed by atoms with Crippen LogP contribution in [-0.2, 0) is 4.79 Å². The minimum Gasteiger partial charge on any atom is -0.354 e. The molecule has 0 aromatic rings. The number of nitrogens with zero attached hydrogens (tertiary/aromatic N) is 1. The Bertz CT molecular complexity index is 340. The predicted octanol–water partition coefficient (Wildman–Crippen LogP) is 1.83. The van der Waals surface area contributed by atoms with Gasteiger partial charge in [0.25, 0.3) is 0 Å². The van der Waals surface area contributed by atoms with Crippen LogP contribution in [0.25, 0.3) is 0 Å². The van der Waals surface area contributed by atoms with Gasteiger partial charge >= 0.3 is 6.03 Å². The molecule has 1 saturated heterocycles. The van der Waals surface area contributed by atoms with E-state index in [4.69, 9.17) is 0 Å². The Morgan fingerprint density at radius 3 is 2.38 bits per heavy atom. The first-order valence-corrected chi connectivity index (χ1v) is 9.28. The highest BCUT2D eigenvalue weighted by atomic mass is 32.2. The van der Waals surface area contributed by atoms with Crippen LogP contribution in [0.1, 0.15) is 38.5 Å². The molecule has 0 bridgehead atoms. The lowest BCUT2D eigenvalue weighted by Crippen LogP contribution is -2.46. The Morgan fingerprint density at radius 2 is 1.67 bits per heavy atom. The van der Waals surface area contributed by atoms with Crippen molar-refractivity contribution >= 4 is 23.7 Å². The van der Waals surface area contributed by atoms with E-state index in [0.29, 0.717) is 25.4 Å². The fraction of sp³-hybridized carbons (Fsp3) is 0.867. The number of nitrogens with one attached hydrogen (secondary N) is 2. The third-order valence-corrected chi connectivity index (χ3v) is 5.16. The number of carbonyl (C=O) groups excluding carboxylic acids is 2. The summed E-state index contributed by atoms with van der Waals surface area (Å²) in [5.41, 5.74) is 0. The van der Waals surface area contributed by atoms with E-state index in [-0.39, 0.29) is 11.9 Å². The molecule has 0 radical (unpaired) electrons. The Labute approximate surface area is 131 Å². The van der Waals surface area contributed by atoms with Gasteiger partial charge in [0, 0.05) is 44.1 Å². The van der Waals surface area contributed by atoms with Gasteiger partial charge in [-0.3, -0.25) is 4.79 Å². The summed E-state index contributed by atoms with van der Waals surface area (Å²) >= 11 is 1.89. The lowest BCUT2D eigenvalue weighted by Gasteiger charge is -2.26. The summed E-state index contributed by atoms with van der Waals surface area (Å²) in [4.78, 5) is 25.5. The minimum absolute atomic E-state index is 0.00294. The molecule has 6 heteroatoms. The second-order valence-electron chi connectivity index (χ2n) is 5.89. The van der Waals surface area contributed by atoms with Crippen molar-refractivity contribution in [3.05, 3.63) is 0 Å². The van der Waals surface area contributed by atoms with Crippen molar-refractivity contribution in [2.24, 2.45) is 5.92 Å². The van der Waals surface area contributed by atoms with Crippen molar-refractivity contribution in [1.82, 2.24) is 15.5 Å². The maximum atomic E-state index is 11.9. The van der Waals surface area contributed by atoms with Crippen LogP contribution in [0.3, 0.4) is 0 Å². The molecule has 0 spiro atoms. The number of amides is 3. The average molecular weight is 313 g/mol. The van der Waals surface area contributed by atoms with Crippen LogP contribution < -0.4 is 10.6 Å². The molecule has 0 aromatic heterocycles. The zero-order valence-electron chi connectivity index (χ0n) is 12.7. The quantitative estimate of drug-likeness (QED) is 0.761. The molecule has 5 nitrogen and oxygen atoms in total. The highest BCUT2D eigenvalue weighted by Gasteiger charge is 2.17. The molecular weight excluding hydrogens is 286 g/mol. The molecule has 2 N–H and O–H groups in total. The van der Waals surface area contributed by atoms with E-state index in [0.717, 1.165) is 24.6 Å². The zero-order valence-corrected chi connectivity index (χ0v) is 13.6. The van der Waals surface area contributed by atoms with Gasteiger partial charge in [-0.05, 0) is 18.8 Å². The largest absolute Gasteiger partial charge is 0.354 e. The SMILES string of the molecule is O=C(CC1CCCCC1)NCCNC(=O)N1CCSCC1. The average Bonchev–Trinajstić information content (AvgIpc) is 2.53. The first-order valence-electron chi connectivity index (χ1n) is 8.13. The van der Waals surface area contributed by atoms with Crippen molar-refractivity contribution < 1.29 is 9.59 Å². The summed E-state index contributed by atoms with van der Waals surface area (Å²) in [5, 5.41) is 5.79. The number of hydrogen-bond acceptors (Lipinski definition) is 3. The van der Waals surface area contributed by atoms with E-state index < -0.39 is 0 Å². The van der Waals surface area contributed by atoms with Crippen LogP contribution in [0.2, 0.25) is 0 Å². The predicted molar refractivity (Wildman–Crippen MR) is 86.5 cm³/mol. The van der Waals surface area contributed by atoms with Crippen molar-refractivity contribution in [2.75, 3.05) is 37.7 Å². The topological polar surface area (TPSA) is 61.4 Å². The number of rotatable bonds is 5. The molecule has 0 atom stereocenters. The Balaban J connectivity index is 1.52. The zero-order chi connectivity index (χ0) is 14.9. The minimum atomic E-state index is -0.00294. The van der Waals surface area contributed by atoms with Crippen LogP contribution in [0.15, 0.2) is 0 Å². The molecular formula is C15H27N3O2S. The third kappa shape index (κ3) is 6.16. The van der Waals surface area contributed by atoms with Crippen LogP contribution in [-0.4, -0.2) is 54.5 Å². The van der Waals surface area contributed by atoms with Crippen molar-refractivity contribution in [3.63, 3.8) is 0 Å². The summed E-state index contributed by atoms with van der Waals surface area (Å²) in [6.45, 7) is 2.69. The van der Waals surface area contributed by atoms with Gasteiger partial charge in [-0.25, -0.2) is 4.79 Å². The molecule has 21 heavy (non-hydrogen) atoms. The van der Waals surface area contributed by atoms with Crippen LogP contribution in [0.5, 0.6) is 0 Å². The maximum absolute atomic E-state index is 11.9. The Hall–Kier alpha value is -0.910. The Morgan fingerprint density at radius 1 is 1.00 bits per heavy atom. The first-order chi connectivity index (χ1) is 10.3. The van der Waals surface area contributed by atoms with Gasteiger partial charge in [-0.2, -0.15) is 11.8 Å². The second kappa shape index (κ2) is 9.18. The van der Waals surface area contributed by atoms with E-state index in [9.17, 15) is 9.59 Å². The summed E-state index contributed by atoms with van der Waals surface area (Å²) in [6.07, 6.45) is 6.88. The molecule has 2 aliphatic rings. The van der Waals surface area contributed by atoms with Gasteiger partial charge in [0.2, 0.25) is 5.91 Å². The van der Waals surface area contributed by atoms with E-state index in [1.165, 1.54) is 32.1 Å². The number of carbonyl (C=O) groups is 2. The fourth-order valence-corrected chi connectivity index (χ4v) is 3.88. The number of thioether (sulfide) groups is 1. The third-order valence-electron chi connectivity index (χ3n) is 4.22. The normalized spacial score (nSPS) is 20.1. The summed E-state index contributed by atoms with van der Waals surface area (Å²) in [5.74, 6) is 2.74. The maximum Gasteiger partial charge on any atom is 0.317 e. The van der Waals surface area contributed by atoms with Gasteiger partial charge in [-0.1, -0.05) is 19.3 Å². The highest BCUT2D eigenvalue weighted by molar-refractivity contribution is 7.99. The number of hydrogen-bond donors (Lipinski definition) is 2. The Kier molecular flexibility index (Phi) is 7.19. The number of urea groups is 1. The monoisotopic (exact) mass is 313 g/mol. The molecule has 2 fully saturated rings. The summed E-state index contributed by atoms with van der Waals surface area (Å²) in [6, 6.07) is -0.00294. The highest BCUT2D eigenvalue weighted by Crippen LogP contribution is 2.25. The fourth-order valence-electron chi connectivity index (χ4n) is 2.98. The lowest BCUT2D eigenvalue weighted by molar-refractivity contribution is -0.122. The second-order valence-corrected chi connectivity index (χ2v) is 7.11. The molecule has 1 aliphatic carbocycles. The van der Waals surface area contributed by atoms with E-state index in [1.807, 2.05) is 16.7 Å². The molecule has 0 unspecified atom stereocenters. The van der Waals surface area contributed by atoms with Crippen LogP contribution in [0, 0.1) is 5.92 Å². The molecule has 1 heterocycles. The molecule has 1 saturated carbocycles. The van der Waals surface area contributed by atoms with Gasteiger partial charge in [-0.15, -0.1) is 0 Å². The molecule has 120 valence electrons. The molecule has 0 aromatic carbocycles. The van der Waals surface area contributed by atoms with Gasteiger partial charge in [0.05, 0.1) is 0 Å². The van der Waals surface area contributed by atoms with Crippen LogP contribution >= 0.6 is 11.8 Å². The van der Waals surface area contributed by atoms with E-state index in [2.05, 4.69) is 10.6 Å². The van der Waals surface area contributed by atoms with Gasteiger partial charge in [0.15, 0.2) is 0 Å². The standard InChI is InChI=1S/C15H27N3O2S/c19-14(12-13-4-2-1-3-5-13)16-6-7-17-15(20)18-8-10-21-11-9-18/h13H,1-12H2,(H,16,19)(H,17,20). The van der Waals surface area contributed by atoms with Crippen molar-refractivity contribution in [1.29, 1.82) is 0 Å². The van der Waals surface area contributed by atoms with Crippen molar-refractivity contribution in [2.45, 2.75) is 38.5 Å². The van der Waals surface area contributed by atoms with Crippen molar-refractivity contribution in [3.8, 4) is 0 Å². The molecule has 3 amide bonds. The first kappa shape index (κ1) is 16.5. The molecule has 1 aliphatic heterocycles.